The van der Waals surface area contributed by atoms with Crippen LogP contribution in [0.3, 0.4) is 0 Å². The Labute approximate surface area is 176 Å². The van der Waals surface area contributed by atoms with Crippen LogP contribution < -0.4 is 5.32 Å². The van der Waals surface area contributed by atoms with Gasteiger partial charge in [0.15, 0.2) is 0 Å². The molecule has 30 heavy (non-hydrogen) atoms. The van der Waals surface area contributed by atoms with Gasteiger partial charge in [-0.2, -0.15) is 4.31 Å². The highest BCUT2D eigenvalue weighted by Gasteiger charge is 2.30. The zero-order chi connectivity index (χ0) is 21.0. The molecule has 1 aromatic heterocycles. The van der Waals surface area contributed by atoms with Crippen LogP contribution in [0.15, 0.2) is 72.3 Å². The Morgan fingerprint density at radius 1 is 1.00 bits per heavy atom. The highest BCUT2D eigenvalue weighted by atomic mass is 32.2. The van der Waals surface area contributed by atoms with E-state index in [2.05, 4.69) is 10.3 Å². The molecule has 1 amide bonds. The zero-order valence-corrected chi connectivity index (χ0v) is 17.3. The summed E-state index contributed by atoms with van der Waals surface area (Å²) in [5, 5.41) is 5.12. The molecule has 1 aliphatic heterocycles. The molecule has 0 radical (unpaired) electrons. The van der Waals surface area contributed by atoms with Gasteiger partial charge in [-0.15, -0.1) is 0 Å². The van der Waals surface area contributed by atoms with Gasteiger partial charge >= 0.3 is 0 Å². The number of aromatic nitrogens is 1. The van der Waals surface area contributed by atoms with Gasteiger partial charge in [-0.25, -0.2) is 8.42 Å². The van der Waals surface area contributed by atoms with Crippen LogP contribution >= 0.6 is 0 Å². The number of pyridine rings is 1. The molecule has 1 fully saturated rings. The molecule has 1 aliphatic rings. The first-order valence-electron chi connectivity index (χ1n) is 9.91. The molecule has 7 heteroatoms. The van der Waals surface area contributed by atoms with E-state index in [1.165, 1.54) is 9.71 Å². The molecule has 6 nitrogen and oxygen atoms in total. The lowest BCUT2D eigenvalue weighted by atomic mass is 9.97. The molecule has 3 aromatic rings. The first-order valence-corrected chi connectivity index (χ1v) is 11.4. The molecular formula is C23H23N3O3S. The third-order valence-corrected chi connectivity index (χ3v) is 6.89. The smallest absolute Gasteiger partial charge is 0.236 e. The number of nitrogens with zero attached hydrogens (tertiary/aromatic N) is 2. The highest BCUT2D eigenvalue weighted by Crippen LogP contribution is 2.25. The number of hydrogen-bond acceptors (Lipinski definition) is 4. The Bertz CT molecular complexity index is 1160. The van der Waals surface area contributed by atoms with Crippen molar-refractivity contribution in [3.05, 3.63) is 77.8 Å². The number of anilines is 1. The van der Waals surface area contributed by atoms with Crippen molar-refractivity contribution in [3.63, 3.8) is 0 Å². The number of rotatable bonds is 5. The van der Waals surface area contributed by atoms with Crippen molar-refractivity contribution in [1.82, 2.24) is 9.29 Å². The number of carbonyl (C=O) groups is 1. The fraction of sp³-hybridized carbons (Fsp3) is 0.217. The lowest BCUT2D eigenvalue weighted by molar-refractivity contribution is -0.120. The Balaban J connectivity index is 1.38. The van der Waals surface area contributed by atoms with Gasteiger partial charge in [-0.05, 0) is 48.7 Å². The van der Waals surface area contributed by atoms with Crippen LogP contribution in [0.25, 0.3) is 17.0 Å². The van der Waals surface area contributed by atoms with E-state index >= 15 is 0 Å². The van der Waals surface area contributed by atoms with Crippen molar-refractivity contribution in [2.45, 2.75) is 12.8 Å². The summed E-state index contributed by atoms with van der Waals surface area (Å²) in [5.41, 5.74) is 2.38. The van der Waals surface area contributed by atoms with Crippen molar-refractivity contribution in [2.75, 3.05) is 18.4 Å². The minimum atomic E-state index is -3.51. The van der Waals surface area contributed by atoms with E-state index < -0.39 is 10.0 Å². The van der Waals surface area contributed by atoms with Crippen molar-refractivity contribution in [3.8, 4) is 0 Å². The van der Waals surface area contributed by atoms with Crippen LogP contribution in [-0.4, -0.2) is 36.7 Å². The topological polar surface area (TPSA) is 79.4 Å². The summed E-state index contributed by atoms with van der Waals surface area (Å²) in [6, 6.07) is 18.7. The summed E-state index contributed by atoms with van der Waals surface area (Å²) in [7, 11) is -3.51. The number of benzene rings is 2. The van der Waals surface area contributed by atoms with Gasteiger partial charge in [0.1, 0.15) is 0 Å². The van der Waals surface area contributed by atoms with Crippen molar-refractivity contribution in [2.24, 2.45) is 5.92 Å². The fourth-order valence-electron chi connectivity index (χ4n) is 3.63. The van der Waals surface area contributed by atoms with Crippen molar-refractivity contribution >= 4 is 38.6 Å². The maximum absolute atomic E-state index is 12.8. The average Bonchev–Trinajstić information content (AvgIpc) is 2.79. The number of piperidine rings is 1. The monoisotopic (exact) mass is 421 g/mol. The molecule has 0 bridgehead atoms. The van der Waals surface area contributed by atoms with Gasteiger partial charge < -0.3 is 5.32 Å². The van der Waals surface area contributed by atoms with Gasteiger partial charge in [-0.1, -0.05) is 36.4 Å². The summed E-state index contributed by atoms with van der Waals surface area (Å²) in [4.78, 5) is 17.1. The largest absolute Gasteiger partial charge is 0.325 e. The molecule has 1 N–H and O–H groups in total. The maximum atomic E-state index is 12.8. The molecule has 0 spiro atoms. The lowest BCUT2D eigenvalue weighted by Gasteiger charge is -2.29. The van der Waals surface area contributed by atoms with Crippen LogP contribution in [0, 0.1) is 5.92 Å². The van der Waals surface area contributed by atoms with E-state index in [4.69, 9.17) is 0 Å². The standard InChI is InChI=1S/C23H23N3O3S/c27-23(25-22-10-4-9-21-20(22)8-5-14-24-21)19-11-15-26(16-12-19)30(28,29)17-13-18-6-2-1-3-7-18/h1-10,13-14,17,19H,11-12,15-16H2,(H,25,27)/b17-13+. The molecule has 0 atom stereocenters. The van der Waals surface area contributed by atoms with Crippen molar-refractivity contribution < 1.29 is 13.2 Å². The molecule has 4 rings (SSSR count). The van der Waals surface area contributed by atoms with Crippen LogP contribution in [0.2, 0.25) is 0 Å². The normalized spacial score (nSPS) is 16.1. The maximum Gasteiger partial charge on any atom is 0.236 e. The molecule has 0 aliphatic carbocycles. The van der Waals surface area contributed by atoms with Crippen LogP contribution in [0.1, 0.15) is 18.4 Å². The molecule has 154 valence electrons. The molecule has 1 saturated heterocycles. The number of carbonyl (C=O) groups excluding carboxylic acids is 1. The molecule has 0 saturated carbocycles. The van der Waals surface area contributed by atoms with Crippen molar-refractivity contribution in [1.29, 1.82) is 0 Å². The number of sulfonamides is 1. The molecule has 0 unspecified atom stereocenters. The molecule has 2 heterocycles. The Morgan fingerprint density at radius 3 is 2.53 bits per heavy atom. The van der Waals surface area contributed by atoms with Gasteiger partial charge in [0, 0.05) is 36.0 Å². The predicted octanol–water partition coefficient (Wildman–Crippen LogP) is 3.89. The lowest BCUT2D eigenvalue weighted by Crippen LogP contribution is -2.40. The average molecular weight is 422 g/mol. The van der Waals surface area contributed by atoms with E-state index in [-0.39, 0.29) is 11.8 Å². The number of nitrogens with one attached hydrogen (secondary N) is 1. The third-order valence-electron chi connectivity index (χ3n) is 5.32. The van der Waals surface area contributed by atoms with Crippen LogP contribution in [-0.2, 0) is 14.8 Å². The first-order chi connectivity index (χ1) is 14.5. The minimum Gasteiger partial charge on any atom is -0.325 e. The summed E-state index contributed by atoms with van der Waals surface area (Å²) in [6.45, 7) is 0.660. The second kappa shape index (κ2) is 8.77. The van der Waals surface area contributed by atoms with E-state index in [0.717, 1.165) is 22.2 Å². The number of amides is 1. The fourth-order valence-corrected chi connectivity index (χ4v) is 4.86. The number of hydrogen-bond donors (Lipinski definition) is 1. The molecular weight excluding hydrogens is 398 g/mol. The number of fused-ring (bicyclic) bond motifs is 1. The van der Waals surface area contributed by atoms with Crippen LogP contribution in [0.4, 0.5) is 5.69 Å². The third kappa shape index (κ3) is 4.58. The summed E-state index contributed by atoms with van der Waals surface area (Å²) < 4.78 is 26.7. The van der Waals surface area contributed by atoms with Gasteiger partial charge in [0.05, 0.1) is 11.2 Å². The summed E-state index contributed by atoms with van der Waals surface area (Å²) >= 11 is 0. The van der Waals surface area contributed by atoms with Crippen LogP contribution in [0.5, 0.6) is 0 Å². The van der Waals surface area contributed by atoms with Gasteiger partial charge in [0.2, 0.25) is 15.9 Å². The van der Waals surface area contributed by atoms with E-state index in [9.17, 15) is 13.2 Å². The first kappa shape index (κ1) is 20.3. The highest BCUT2D eigenvalue weighted by molar-refractivity contribution is 7.92. The van der Waals surface area contributed by atoms with E-state index in [1.54, 1.807) is 12.3 Å². The Kier molecular flexibility index (Phi) is 5.92. The van der Waals surface area contributed by atoms with E-state index in [0.29, 0.717) is 25.9 Å². The van der Waals surface area contributed by atoms with E-state index in [1.807, 2.05) is 60.7 Å². The van der Waals surface area contributed by atoms with Gasteiger partial charge in [0.25, 0.3) is 0 Å². The zero-order valence-electron chi connectivity index (χ0n) is 16.4. The predicted molar refractivity (Wildman–Crippen MR) is 119 cm³/mol. The minimum absolute atomic E-state index is 0.0803. The quantitative estimate of drug-likeness (QED) is 0.678. The molecule has 2 aromatic carbocycles. The SMILES string of the molecule is O=C(Nc1cccc2ncccc12)C1CCN(S(=O)(=O)/C=C/c2ccccc2)CC1. The Morgan fingerprint density at radius 2 is 1.77 bits per heavy atom. The second-order valence-electron chi connectivity index (χ2n) is 7.30. The summed E-state index contributed by atoms with van der Waals surface area (Å²) in [6.07, 6.45) is 4.31. The van der Waals surface area contributed by atoms with Gasteiger partial charge in [-0.3, -0.25) is 9.78 Å². The second-order valence-corrected chi connectivity index (χ2v) is 9.12. The summed E-state index contributed by atoms with van der Waals surface area (Å²) in [5.74, 6) is -0.301. The Hall–Kier alpha value is -3.03.